The Morgan fingerprint density at radius 3 is 3.11 bits per heavy atom. The second kappa shape index (κ2) is 6.97. The minimum Gasteiger partial charge on any atom is -0.325 e. The standard InChI is InChI=1S/C13H16BrClN2OS/c1-8-4-10(14)12(6-11(8)15)17-13(18)5-9-7-19-3-2-16-9/h4,6,9,16H,2-3,5,7H2,1H3,(H,17,18). The Labute approximate surface area is 131 Å². The van der Waals surface area contributed by atoms with Gasteiger partial charge in [-0.05, 0) is 40.5 Å². The Balaban J connectivity index is 1.96. The molecule has 1 aliphatic rings. The van der Waals surface area contributed by atoms with Crippen LogP contribution in [0.15, 0.2) is 16.6 Å². The number of aryl methyl sites for hydroxylation is 1. The Morgan fingerprint density at radius 1 is 1.63 bits per heavy atom. The van der Waals surface area contributed by atoms with Crippen molar-refractivity contribution >= 4 is 50.9 Å². The molecule has 104 valence electrons. The second-order valence-corrected chi connectivity index (χ2v) is 6.97. The van der Waals surface area contributed by atoms with Crippen LogP contribution in [0.3, 0.4) is 0 Å². The van der Waals surface area contributed by atoms with Gasteiger partial charge >= 0.3 is 0 Å². The molecule has 0 aliphatic carbocycles. The van der Waals surface area contributed by atoms with Gasteiger partial charge in [0.15, 0.2) is 0 Å². The second-order valence-electron chi connectivity index (χ2n) is 4.56. The van der Waals surface area contributed by atoms with Crippen molar-refractivity contribution < 1.29 is 4.79 Å². The van der Waals surface area contributed by atoms with Crippen LogP contribution in [-0.4, -0.2) is 30.0 Å². The zero-order valence-corrected chi connectivity index (χ0v) is 13.8. The lowest BCUT2D eigenvalue weighted by Crippen LogP contribution is -2.39. The Hall–Kier alpha value is -0.230. The molecule has 2 rings (SSSR count). The van der Waals surface area contributed by atoms with Crippen molar-refractivity contribution in [3.8, 4) is 0 Å². The molecule has 1 unspecified atom stereocenters. The molecule has 1 aliphatic heterocycles. The number of benzene rings is 1. The number of halogens is 2. The summed E-state index contributed by atoms with van der Waals surface area (Å²) in [6, 6.07) is 3.95. The summed E-state index contributed by atoms with van der Waals surface area (Å²) in [5.41, 5.74) is 1.71. The molecule has 0 spiro atoms. The van der Waals surface area contributed by atoms with Gasteiger partial charge < -0.3 is 10.6 Å². The van der Waals surface area contributed by atoms with E-state index in [1.54, 1.807) is 6.07 Å². The van der Waals surface area contributed by atoms with Gasteiger partial charge in [-0.25, -0.2) is 0 Å². The van der Waals surface area contributed by atoms with E-state index in [0.29, 0.717) is 11.4 Å². The summed E-state index contributed by atoms with van der Waals surface area (Å²) in [4.78, 5) is 12.0. The molecule has 0 saturated carbocycles. The molecule has 1 aromatic carbocycles. The van der Waals surface area contributed by atoms with E-state index in [1.165, 1.54) is 0 Å². The van der Waals surface area contributed by atoms with Crippen LogP contribution in [0.2, 0.25) is 5.02 Å². The molecular weight excluding hydrogens is 348 g/mol. The van der Waals surface area contributed by atoms with Crippen LogP contribution in [0.25, 0.3) is 0 Å². The number of carbonyl (C=O) groups excluding carboxylic acids is 1. The van der Waals surface area contributed by atoms with Crippen LogP contribution in [0, 0.1) is 6.92 Å². The van der Waals surface area contributed by atoms with Crippen LogP contribution >= 0.6 is 39.3 Å². The number of thioether (sulfide) groups is 1. The van der Waals surface area contributed by atoms with E-state index in [-0.39, 0.29) is 11.9 Å². The summed E-state index contributed by atoms with van der Waals surface area (Å²) >= 11 is 11.4. The maximum Gasteiger partial charge on any atom is 0.226 e. The molecule has 3 nitrogen and oxygen atoms in total. The van der Waals surface area contributed by atoms with Crippen molar-refractivity contribution in [1.82, 2.24) is 5.32 Å². The fourth-order valence-corrected chi connectivity index (χ4v) is 3.59. The fourth-order valence-electron chi connectivity index (χ4n) is 1.92. The fraction of sp³-hybridized carbons (Fsp3) is 0.462. The molecule has 1 atom stereocenters. The van der Waals surface area contributed by atoms with Gasteiger partial charge in [-0.3, -0.25) is 4.79 Å². The van der Waals surface area contributed by atoms with E-state index >= 15 is 0 Å². The van der Waals surface area contributed by atoms with Crippen molar-refractivity contribution in [3.05, 3.63) is 27.2 Å². The lowest BCUT2D eigenvalue weighted by Gasteiger charge is -2.22. The summed E-state index contributed by atoms with van der Waals surface area (Å²) in [6.07, 6.45) is 0.491. The molecule has 0 aromatic heterocycles. The largest absolute Gasteiger partial charge is 0.325 e. The smallest absolute Gasteiger partial charge is 0.226 e. The van der Waals surface area contributed by atoms with Crippen molar-refractivity contribution in [2.24, 2.45) is 0 Å². The first kappa shape index (κ1) is 15.2. The van der Waals surface area contributed by atoms with Gasteiger partial charge in [-0.1, -0.05) is 11.6 Å². The zero-order chi connectivity index (χ0) is 13.8. The zero-order valence-electron chi connectivity index (χ0n) is 10.6. The third kappa shape index (κ3) is 4.38. The number of hydrogen-bond acceptors (Lipinski definition) is 3. The molecular formula is C13H16BrClN2OS. The Kier molecular flexibility index (Phi) is 5.57. The molecule has 1 amide bonds. The van der Waals surface area contributed by atoms with E-state index in [0.717, 1.165) is 33.8 Å². The topological polar surface area (TPSA) is 41.1 Å². The quantitative estimate of drug-likeness (QED) is 0.864. The number of amides is 1. The van der Waals surface area contributed by atoms with Crippen molar-refractivity contribution in [2.45, 2.75) is 19.4 Å². The summed E-state index contributed by atoms with van der Waals surface area (Å²) in [6.45, 7) is 2.91. The maximum absolute atomic E-state index is 12.0. The first-order valence-corrected chi connectivity index (χ1v) is 8.45. The van der Waals surface area contributed by atoms with Crippen LogP contribution in [0.4, 0.5) is 5.69 Å². The van der Waals surface area contributed by atoms with Gasteiger partial charge in [0, 0.05) is 40.0 Å². The molecule has 1 saturated heterocycles. The molecule has 19 heavy (non-hydrogen) atoms. The molecule has 6 heteroatoms. The van der Waals surface area contributed by atoms with Gasteiger partial charge in [0.1, 0.15) is 0 Å². The first-order valence-electron chi connectivity index (χ1n) is 6.13. The highest BCUT2D eigenvalue weighted by Gasteiger charge is 2.17. The van der Waals surface area contributed by atoms with Gasteiger partial charge in [0.25, 0.3) is 0 Å². The highest BCUT2D eigenvalue weighted by Crippen LogP contribution is 2.29. The predicted octanol–water partition coefficient (Wildman–Crippen LogP) is 3.44. The predicted molar refractivity (Wildman–Crippen MR) is 86.3 cm³/mol. The van der Waals surface area contributed by atoms with Gasteiger partial charge in [0.05, 0.1) is 5.69 Å². The van der Waals surface area contributed by atoms with E-state index in [9.17, 15) is 4.79 Å². The Bertz CT molecular complexity index is 478. The third-order valence-electron chi connectivity index (χ3n) is 2.95. The first-order chi connectivity index (χ1) is 9.06. The van der Waals surface area contributed by atoms with Gasteiger partial charge in [0.2, 0.25) is 5.91 Å². The van der Waals surface area contributed by atoms with Gasteiger partial charge in [-0.15, -0.1) is 0 Å². The lowest BCUT2D eigenvalue weighted by molar-refractivity contribution is -0.116. The number of hydrogen-bond donors (Lipinski definition) is 2. The van der Waals surface area contributed by atoms with Crippen LogP contribution in [0.5, 0.6) is 0 Å². The molecule has 2 N–H and O–H groups in total. The summed E-state index contributed by atoms with van der Waals surface area (Å²) < 4.78 is 0.855. The lowest BCUT2D eigenvalue weighted by atomic mass is 10.2. The van der Waals surface area contributed by atoms with Crippen molar-refractivity contribution in [1.29, 1.82) is 0 Å². The van der Waals surface area contributed by atoms with Crippen LogP contribution < -0.4 is 10.6 Å². The Morgan fingerprint density at radius 2 is 2.42 bits per heavy atom. The molecule has 1 fully saturated rings. The molecule has 0 radical (unpaired) electrons. The van der Waals surface area contributed by atoms with Crippen molar-refractivity contribution in [3.63, 3.8) is 0 Å². The molecule has 0 bridgehead atoms. The van der Waals surface area contributed by atoms with Crippen molar-refractivity contribution in [2.75, 3.05) is 23.4 Å². The number of anilines is 1. The summed E-state index contributed by atoms with van der Waals surface area (Å²) in [7, 11) is 0. The number of carbonyl (C=O) groups is 1. The minimum atomic E-state index is 0.0145. The van der Waals surface area contributed by atoms with E-state index in [1.807, 2.05) is 24.8 Å². The molecule has 1 aromatic rings. The average molecular weight is 364 g/mol. The van der Waals surface area contributed by atoms with Crippen LogP contribution in [0.1, 0.15) is 12.0 Å². The molecule has 1 heterocycles. The SMILES string of the molecule is Cc1cc(Br)c(NC(=O)CC2CSCCN2)cc1Cl. The van der Waals surface area contributed by atoms with Gasteiger partial charge in [-0.2, -0.15) is 11.8 Å². The van der Waals surface area contributed by atoms with E-state index in [4.69, 9.17) is 11.6 Å². The van der Waals surface area contributed by atoms with E-state index < -0.39 is 0 Å². The maximum atomic E-state index is 12.0. The average Bonchev–Trinajstić information content (AvgIpc) is 2.37. The van der Waals surface area contributed by atoms with E-state index in [2.05, 4.69) is 26.6 Å². The minimum absolute atomic E-state index is 0.0145. The normalized spacial score (nSPS) is 19.2. The monoisotopic (exact) mass is 362 g/mol. The summed E-state index contributed by atoms with van der Waals surface area (Å²) in [5, 5.41) is 6.91. The van der Waals surface area contributed by atoms with Crippen LogP contribution in [-0.2, 0) is 4.79 Å². The number of rotatable bonds is 3. The summed E-state index contributed by atoms with van der Waals surface area (Å²) in [5.74, 6) is 2.13. The highest BCUT2D eigenvalue weighted by molar-refractivity contribution is 9.10. The third-order valence-corrected chi connectivity index (χ3v) is 5.15. The highest BCUT2D eigenvalue weighted by atomic mass is 79.9. The number of nitrogens with one attached hydrogen (secondary N) is 2.